The van der Waals surface area contributed by atoms with Crippen LogP contribution in [-0.2, 0) is 16.6 Å². The van der Waals surface area contributed by atoms with Crippen LogP contribution in [0.1, 0.15) is 13.8 Å². The van der Waals surface area contributed by atoms with E-state index in [1.807, 2.05) is 67.7 Å². The summed E-state index contributed by atoms with van der Waals surface area (Å²) in [5, 5.41) is 13.6. The highest BCUT2D eigenvalue weighted by Crippen LogP contribution is 2.31. The van der Waals surface area contributed by atoms with E-state index in [-0.39, 0.29) is 11.8 Å². The number of nitrogens with zero attached hydrogens (tertiary/aromatic N) is 4. The Kier molecular flexibility index (Phi) is 6.88. The highest BCUT2D eigenvalue weighted by Gasteiger charge is 2.11. The Morgan fingerprint density at radius 1 is 0.882 bits per heavy atom. The van der Waals surface area contributed by atoms with E-state index in [1.165, 1.54) is 25.6 Å². The molecule has 9 nitrogen and oxygen atoms in total. The number of anilines is 4. The molecule has 34 heavy (non-hydrogen) atoms. The first kappa shape index (κ1) is 23.0. The minimum Gasteiger partial charge on any atom is -0.326 e. The Labute approximate surface area is 201 Å². The maximum Gasteiger partial charge on any atom is 0.221 e. The predicted octanol–water partition coefficient (Wildman–Crippen LogP) is 4.69. The molecule has 0 aliphatic heterocycles. The fourth-order valence-corrected chi connectivity index (χ4v) is 3.96. The second-order valence-corrected chi connectivity index (χ2v) is 8.50. The van der Waals surface area contributed by atoms with E-state index in [0.29, 0.717) is 22.4 Å². The molecule has 0 aliphatic rings. The van der Waals surface area contributed by atoms with Crippen LogP contribution in [0.5, 0.6) is 0 Å². The van der Waals surface area contributed by atoms with Crippen molar-refractivity contribution in [1.82, 2.24) is 19.7 Å². The van der Waals surface area contributed by atoms with Crippen molar-refractivity contribution >= 4 is 46.6 Å². The molecule has 10 heteroatoms. The van der Waals surface area contributed by atoms with Gasteiger partial charge >= 0.3 is 0 Å². The van der Waals surface area contributed by atoms with E-state index < -0.39 is 0 Å². The zero-order chi connectivity index (χ0) is 24.1. The Balaban J connectivity index is 1.68. The highest BCUT2D eigenvalue weighted by atomic mass is 32.2. The fraction of sp³-hybridized carbons (Fsp3) is 0.125. The largest absolute Gasteiger partial charge is 0.326 e. The predicted molar refractivity (Wildman–Crippen MR) is 133 cm³/mol. The number of hydrogen-bond donors (Lipinski definition) is 3. The molecule has 0 radical (unpaired) electrons. The van der Waals surface area contributed by atoms with E-state index in [2.05, 4.69) is 26.0 Å². The van der Waals surface area contributed by atoms with Gasteiger partial charge in [-0.1, -0.05) is 12.1 Å². The summed E-state index contributed by atoms with van der Waals surface area (Å²) < 4.78 is 1.72. The lowest BCUT2D eigenvalue weighted by atomic mass is 10.1. The molecule has 0 unspecified atom stereocenters. The number of carbonyl (C=O) groups is 2. The van der Waals surface area contributed by atoms with E-state index in [9.17, 15) is 9.59 Å². The molecular weight excluding hydrogens is 450 g/mol. The first-order valence-corrected chi connectivity index (χ1v) is 11.2. The summed E-state index contributed by atoms with van der Waals surface area (Å²) in [5.41, 5.74) is 2.95. The summed E-state index contributed by atoms with van der Waals surface area (Å²) in [6.07, 6.45) is 1.70. The molecule has 4 rings (SSSR count). The SMILES string of the molecule is CC(=O)Nc1ccc(Sc2nc(Nc3ccnn3C)cc(-c3cccc(NC(C)=O)c3)n2)cc1. The van der Waals surface area contributed by atoms with Crippen molar-refractivity contribution in [3.05, 3.63) is 66.9 Å². The fourth-order valence-electron chi connectivity index (χ4n) is 3.19. The van der Waals surface area contributed by atoms with Gasteiger partial charge in [-0.25, -0.2) is 9.97 Å². The summed E-state index contributed by atoms with van der Waals surface area (Å²) in [7, 11) is 1.84. The molecule has 0 atom stereocenters. The molecule has 2 aromatic carbocycles. The molecule has 172 valence electrons. The number of aryl methyl sites for hydroxylation is 1. The van der Waals surface area contributed by atoms with Crippen molar-refractivity contribution in [2.75, 3.05) is 16.0 Å². The van der Waals surface area contributed by atoms with Crippen LogP contribution in [0.2, 0.25) is 0 Å². The maximum absolute atomic E-state index is 11.5. The van der Waals surface area contributed by atoms with Crippen LogP contribution in [0, 0.1) is 0 Å². The number of nitrogens with one attached hydrogen (secondary N) is 3. The lowest BCUT2D eigenvalue weighted by Crippen LogP contribution is -2.06. The van der Waals surface area contributed by atoms with Gasteiger partial charge in [0.1, 0.15) is 11.6 Å². The third-order valence-electron chi connectivity index (χ3n) is 4.65. The van der Waals surface area contributed by atoms with Gasteiger partial charge < -0.3 is 16.0 Å². The molecule has 0 spiro atoms. The van der Waals surface area contributed by atoms with Crippen molar-refractivity contribution in [2.45, 2.75) is 23.9 Å². The molecule has 0 saturated carbocycles. The number of hydrogen-bond acceptors (Lipinski definition) is 7. The smallest absolute Gasteiger partial charge is 0.221 e. The van der Waals surface area contributed by atoms with Gasteiger partial charge in [0.25, 0.3) is 0 Å². The Hall–Kier alpha value is -4.18. The summed E-state index contributed by atoms with van der Waals surface area (Å²) in [6, 6.07) is 18.7. The van der Waals surface area contributed by atoms with Crippen LogP contribution in [0.3, 0.4) is 0 Å². The number of rotatable bonds is 7. The van der Waals surface area contributed by atoms with Crippen LogP contribution in [-0.4, -0.2) is 31.6 Å². The first-order chi connectivity index (χ1) is 16.4. The van der Waals surface area contributed by atoms with Gasteiger partial charge in [-0.3, -0.25) is 14.3 Å². The third-order valence-corrected chi connectivity index (χ3v) is 5.52. The number of carbonyl (C=O) groups excluding carboxylic acids is 2. The zero-order valence-electron chi connectivity index (χ0n) is 18.9. The normalized spacial score (nSPS) is 10.6. The number of benzene rings is 2. The molecule has 2 heterocycles. The minimum atomic E-state index is -0.141. The van der Waals surface area contributed by atoms with Crippen LogP contribution in [0.4, 0.5) is 23.0 Å². The van der Waals surface area contributed by atoms with E-state index in [1.54, 1.807) is 10.9 Å². The van der Waals surface area contributed by atoms with Crippen molar-refractivity contribution < 1.29 is 9.59 Å². The molecule has 2 aromatic heterocycles. The Bertz CT molecular complexity index is 1340. The second-order valence-electron chi connectivity index (χ2n) is 7.46. The average molecular weight is 474 g/mol. The van der Waals surface area contributed by atoms with Crippen LogP contribution >= 0.6 is 11.8 Å². The number of aromatic nitrogens is 4. The van der Waals surface area contributed by atoms with E-state index in [0.717, 1.165) is 22.0 Å². The van der Waals surface area contributed by atoms with Crippen LogP contribution in [0.25, 0.3) is 11.3 Å². The molecule has 0 fully saturated rings. The van der Waals surface area contributed by atoms with E-state index in [4.69, 9.17) is 4.98 Å². The maximum atomic E-state index is 11.5. The van der Waals surface area contributed by atoms with Gasteiger partial charge in [0.05, 0.1) is 11.9 Å². The summed E-state index contributed by atoms with van der Waals surface area (Å²) >= 11 is 1.40. The summed E-state index contributed by atoms with van der Waals surface area (Å²) in [5.74, 6) is 1.13. The standard InChI is InChI=1S/C24H23N7O2S/c1-15(32)26-18-7-9-20(10-8-18)34-24-28-21(17-5-4-6-19(13-17)27-16(2)33)14-22(30-24)29-23-11-12-25-31(23)3/h4-14H,1-3H3,(H,26,32)(H,27,33)(H,28,29,30). The van der Waals surface area contributed by atoms with Gasteiger partial charge in [0.2, 0.25) is 11.8 Å². The quantitative estimate of drug-likeness (QED) is 0.334. The van der Waals surface area contributed by atoms with Crippen molar-refractivity contribution in [3.63, 3.8) is 0 Å². The van der Waals surface area contributed by atoms with Gasteiger partial charge in [0, 0.05) is 54.9 Å². The van der Waals surface area contributed by atoms with E-state index >= 15 is 0 Å². The lowest BCUT2D eigenvalue weighted by Gasteiger charge is -2.11. The highest BCUT2D eigenvalue weighted by molar-refractivity contribution is 7.99. The van der Waals surface area contributed by atoms with Crippen molar-refractivity contribution in [1.29, 1.82) is 0 Å². The molecule has 0 aliphatic carbocycles. The van der Waals surface area contributed by atoms with Crippen LogP contribution in [0.15, 0.2) is 76.9 Å². The van der Waals surface area contributed by atoms with Gasteiger partial charge in [-0.2, -0.15) is 5.10 Å². The number of amides is 2. The molecule has 0 bridgehead atoms. The third kappa shape index (κ3) is 5.99. The molecule has 0 saturated heterocycles. The molecule has 4 aromatic rings. The Morgan fingerprint density at radius 3 is 2.29 bits per heavy atom. The van der Waals surface area contributed by atoms with Crippen molar-refractivity contribution in [2.24, 2.45) is 7.05 Å². The molecule has 2 amide bonds. The van der Waals surface area contributed by atoms with Gasteiger partial charge in [-0.05, 0) is 48.2 Å². The zero-order valence-corrected chi connectivity index (χ0v) is 19.7. The topological polar surface area (TPSA) is 114 Å². The van der Waals surface area contributed by atoms with Gasteiger partial charge in [-0.15, -0.1) is 0 Å². The minimum absolute atomic E-state index is 0.121. The Morgan fingerprint density at radius 2 is 1.62 bits per heavy atom. The second kappa shape index (κ2) is 10.2. The lowest BCUT2D eigenvalue weighted by molar-refractivity contribution is -0.115. The average Bonchev–Trinajstić information content (AvgIpc) is 3.18. The molecular formula is C24H23N7O2S. The summed E-state index contributed by atoms with van der Waals surface area (Å²) in [4.78, 5) is 33.1. The van der Waals surface area contributed by atoms with Crippen LogP contribution < -0.4 is 16.0 Å². The van der Waals surface area contributed by atoms with Gasteiger partial charge in [0.15, 0.2) is 5.16 Å². The monoisotopic (exact) mass is 473 g/mol. The first-order valence-electron chi connectivity index (χ1n) is 10.4. The molecule has 3 N–H and O–H groups in total. The van der Waals surface area contributed by atoms with Crippen molar-refractivity contribution in [3.8, 4) is 11.3 Å². The summed E-state index contributed by atoms with van der Waals surface area (Å²) in [6.45, 7) is 2.94.